The van der Waals surface area contributed by atoms with Gasteiger partial charge in [-0.05, 0) is 34.1 Å². The van der Waals surface area contributed by atoms with Crippen LogP contribution in [0.25, 0.3) is 0 Å². The van der Waals surface area contributed by atoms with Crippen LogP contribution in [0.5, 0.6) is 0 Å². The molecule has 0 bridgehead atoms. The van der Waals surface area contributed by atoms with Gasteiger partial charge in [-0.15, -0.1) is 0 Å². The number of rotatable bonds is 11. The Morgan fingerprint density at radius 1 is 0.640 bits per heavy atom. The van der Waals surface area contributed by atoms with E-state index in [1.165, 1.54) is 51.4 Å². The molecular formula is C22H38O3. The third-order valence-corrected chi connectivity index (χ3v) is 5.85. The normalized spacial score (nSPS) is 20.3. The number of carbonyl (C=O) groups excluding carboxylic acids is 3. The lowest BCUT2D eigenvalue weighted by Crippen LogP contribution is -2.57. The lowest BCUT2D eigenvalue weighted by atomic mass is 9.58. The van der Waals surface area contributed by atoms with E-state index in [1.807, 2.05) is 0 Å². The fourth-order valence-corrected chi connectivity index (χ4v) is 4.09. The fraction of sp³-hybridized carbons (Fsp3) is 0.864. The predicted octanol–water partition coefficient (Wildman–Crippen LogP) is 5.69. The largest absolute Gasteiger partial charge is 0.298 e. The van der Waals surface area contributed by atoms with Gasteiger partial charge in [0, 0.05) is 0 Å². The van der Waals surface area contributed by atoms with E-state index in [0.717, 1.165) is 12.8 Å². The number of hydrogen-bond donors (Lipinski definition) is 0. The Balaban J connectivity index is 2.33. The molecule has 0 saturated heterocycles. The zero-order valence-electron chi connectivity index (χ0n) is 17.1. The average Bonchev–Trinajstić information content (AvgIpc) is 2.57. The second-order valence-electron chi connectivity index (χ2n) is 8.83. The van der Waals surface area contributed by atoms with Crippen LogP contribution in [-0.2, 0) is 14.4 Å². The summed E-state index contributed by atoms with van der Waals surface area (Å²) >= 11 is 0. The quantitative estimate of drug-likeness (QED) is 0.355. The van der Waals surface area contributed by atoms with Crippen molar-refractivity contribution in [1.82, 2.24) is 0 Å². The fourth-order valence-electron chi connectivity index (χ4n) is 4.09. The van der Waals surface area contributed by atoms with Gasteiger partial charge in [-0.1, -0.05) is 71.1 Å². The third-order valence-electron chi connectivity index (χ3n) is 5.85. The lowest BCUT2D eigenvalue weighted by molar-refractivity contribution is -0.160. The number of Topliss-reactive ketones (excluding diaryl/α,β-unsaturated/α-hetero) is 3. The van der Waals surface area contributed by atoms with Gasteiger partial charge in [0.1, 0.15) is 0 Å². The molecule has 0 radical (unpaired) electrons. The Kier molecular flexibility index (Phi) is 8.50. The van der Waals surface area contributed by atoms with Gasteiger partial charge in [-0.2, -0.15) is 0 Å². The topological polar surface area (TPSA) is 51.2 Å². The van der Waals surface area contributed by atoms with Crippen molar-refractivity contribution in [2.24, 2.45) is 16.7 Å². The smallest absolute Gasteiger partial charge is 0.158 e. The van der Waals surface area contributed by atoms with Gasteiger partial charge in [-0.25, -0.2) is 0 Å². The van der Waals surface area contributed by atoms with Gasteiger partial charge in [0.2, 0.25) is 0 Å². The van der Waals surface area contributed by atoms with Crippen molar-refractivity contribution in [3.8, 4) is 0 Å². The van der Waals surface area contributed by atoms with E-state index in [-0.39, 0.29) is 17.3 Å². The molecule has 0 amide bonds. The Labute approximate surface area is 154 Å². The van der Waals surface area contributed by atoms with Crippen molar-refractivity contribution in [3.63, 3.8) is 0 Å². The van der Waals surface area contributed by atoms with Gasteiger partial charge in [0.05, 0.1) is 16.7 Å². The molecule has 25 heavy (non-hydrogen) atoms. The second kappa shape index (κ2) is 9.64. The van der Waals surface area contributed by atoms with Crippen molar-refractivity contribution in [1.29, 1.82) is 0 Å². The van der Waals surface area contributed by atoms with Gasteiger partial charge < -0.3 is 0 Å². The molecule has 0 aliphatic heterocycles. The summed E-state index contributed by atoms with van der Waals surface area (Å²) < 4.78 is 0. The van der Waals surface area contributed by atoms with Gasteiger partial charge in [0.25, 0.3) is 0 Å². The van der Waals surface area contributed by atoms with E-state index in [9.17, 15) is 14.4 Å². The first kappa shape index (κ1) is 22.1. The van der Waals surface area contributed by atoms with Crippen LogP contribution in [0.4, 0.5) is 0 Å². The van der Waals surface area contributed by atoms with Gasteiger partial charge >= 0.3 is 0 Å². The molecule has 1 saturated carbocycles. The molecule has 3 nitrogen and oxygen atoms in total. The highest BCUT2D eigenvalue weighted by molar-refractivity contribution is 6.28. The Morgan fingerprint density at radius 2 is 1.00 bits per heavy atom. The first-order valence-corrected chi connectivity index (χ1v) is 10.3. The van der Waals surface area contributed by atoms with E-state index >= 15 is 0 Å². The molecule has 144 valence electrons. The number of ketones is 3. The summed E-state index contributed by atoms with van der Waals surface area (Å²) in [5, 5.41) is 0. The molecule has 0 N–H and O–H groups in total. The molecule has 0 heterocycles. The molecule has 1 rings (SSSR count). The van der Waals surface area contributed by atoms with Crippen molar-refractivity contribution < 1.29 is 14.4 Å². The summed E-state index contributed by atoms with van der Waals surface area (Å²) in [6.45, 7) is 8.95. The van der Waals surface area contributed by atoms with Crippen molar-refractivity contribution >= 4 is 17.3 Å². The highest BCUT2D eigenvalue weighted by Gasteiger charge is 2.57. The van der Waals surface area contributed by atoms with Crippen LogP contribution < -0.4 is 0 Å². The SMILES string of the molecule is CCCCCCCCCCCCC1C(=O)C(C)(C)C(=O)C(C)(C)C1=O. The summed E-state index contributed by atoms with van der Waals surface area (Å²) in [7, 11) is 0. The van der Waals surface area contributed by atoms with E-state index in [0.29, 0.717) is 6.42 Å². The maximum atomic E-state index is 12.6. The summed E-state index contributed by atoms with van der Waals surface area (Å²) in [6, 6.07) is 0. The van der Waals surface area contributed by atoms with E-state index in [1.54, 1.807) is 27.7 Å². The first-order valence-electron chi connectivity index (χ1n) is 10.3. The minimum Gasteiger partial charge on any atom is -0.298 e. The first-order chi connectivity index (χ1) is 11.7. The molecule has 0 atom stereocenters. The van der Waals surface area contributed by atoms with Gasteiger partial charge in [0.15, 0.2) is 17.3 Å². The predicted molar refractivity (Wildman–Crippen MR) is 103 cm³/mol. The highest BCUT2D eigenvalue weighted by Crippen LogP contribution is 2.42. The van der Waals surface area contributed by atoms with Crippen molar-refractivity contribution in [2.75, 3.05) is 0 Å². The molecule has 0 aromatic rings. The highest BCUT2D eigenvalue weighted by atomic mass is 16.2. The average molecular weight is 351 g/mol. The van der Waals surface area contributed by atoms with Crippen LogP contribution in [0.2, 0.25) is 0 Å². The zero-order valence-corrected chi connectivity index (χ0v) is 17.1. The maximum Gasteiger partial charge on any atom is 0.158 e. The molecule has 0 spiro atoms. The minimum absolute atomic E-state index is 0.169. The molecular weight excluding hydrogens is 312 g/mol. The Hall–Kier alpha value is -0.990. The molecule has 0 aromatic heterocycles. The maximum absolute atomic E-state index is 12.6. The van der Waals surface area contributed by atoms with Crippen molar-refractivity contribution in [2.45, 2.75) is 105 Å². The van der Waals surface area contributed by atoms with Crippen LogP contribution in [0.1, 0.15) is 105 Å². The Bertz CT molecular complexity index is 444. The Morgan fingerprint density at radius 3 is 1.40 bits per heavy atom. The molecule has 0 aromatic carbocycles. The summed E-state index contributed by atoms with van der Waals surface area (Å²) in [5.74, 6) is -1.15. The monoisotopic (exact) mass is 350 g/mol. The van der Waals surface area contributed by atoms with Crippen LogP contribution in [0.15, 0.2) is 0 Å². The van der Waals surface area contributed by atoms with Crippen LogP contribution in [0.3, 0.4) is 0 Å². The molecule has 1 aliphatic carbocycles. The molecule has 3 heteroatoms. The van der Waals surface area contributed by atoms with Crippen molar-refractivity contribution in [3.05, 3.63) is 0 Å². The van der Waals surface area contributed by atoms with E-state index in [2.05, 4.69) is 6.92 Å². The van der Waals surface area contributed by atoms with Gasteiger partial charge in [-0.3, -0.25) is 14.4 Å². The molecule has 1 fully saturated rings. The van der Waals surface area contributed by atoms with Crippen LogP contribution >= 0.6 is 0 Å². The van der Waals surface area contributed by atoms with Crippen LogP contribution in [-0.4, -0.2) is 17.3 Å². The summed E-state index contributed by atoms with van der Waals surface area (Å²) in [4.78, 5) is 37.6. The lowest BCUT2D eigenvalue weighted by Gasteiger charge is -2.40. The summed E-state index contributed by atoms with van der Waals surface area (Å²) in [6.07, 6.45) is 12.9. The van der Waals surface area contributed by atoms with E-state index in [4.69, 9.17) is 0 Å². The number of hydrogen-bond acceptors (Lipinski definition) is 3. The third kappa shape index (κ3) is 5.49. The zero-order chi connectivity index (χ0) is 19.1. The van der Waals surface area contributed by atoms with E-state index < -0.39 is 16.7 Å². The number of carbonyl (C=O) groups is 3. The van der Waals surface area contributed by atoms with Crippen LogP contribution in [0, 0.1) is 16.7 Å². The molecule has 1 aliphatic rings. The standard InChI is InChI=1S/C22H38O3/c1-6-7-8-9-10-11-12-13-14-15-16-17-18(23)21(2,3)20(25)22(4,5)19(17)24/h17H,6-16H2,1-5H3. The second-order valence-corrected chi connectivity index (χ2v) is 8.83. The molecule has 0 unspecified atom stereocenters. The summed E-state index contributed by atoms with van der Waals surface area (Å²) in [5.41, 5.74) is -2.05. The number of unbranched alkanes of at least 4 members (excludes halogenated alkanes) is 9. The minimum atomic E-state index is -1.03.